The fourth-order valence-corrected chi connectivity index (χ4v) is 2.03. The van der Waals surface area contributed by atoms with Crippen molar-refractivity contribution in [2.75, 3.05) is 13.2 Å². The summed E-state index contributed by atoms with van der Waals surface area (Å²) in [6.07, 6.45) is 3.43. The Bertz CT molecular complexity index is 597. The van der Waals surface area contributed by atoms with Crippen LogP contribution in [-0.4, -0.2) is 24.2 Å². The number of ether oxygens (including phenoxy) is 1. The lowest BCUT2D eigenvalue weighted by atomic mass is 10.0. The maximum Gasteiger partial charge on any atom is 0.315 e. The number of rotatable bonds is 7. The monoisotopic (exact) mass is 313 g/mol. The van der Waals surface area contributed by atoms with Crippen LogP contribution in [0.5, 0.6) is 5.75 Å². The number of amides is 2. The Morgan fingerprint density at radius 1 is 1.17 bits per heavy atom. The maximum atomic E-state index is 11.6. The molecule has 1 aromatic carbocycles. The zero-order valence-electron chi connectivity index (χ0n) is 13.6. The molecule has 2 rings (SSSR count). The fraction of sp³-hybridized carbons (Fsp3) is 0.333. The molecule has 0 aliphatic carbocycles. The van der Waals surface area contributed by atoms with Crippen molar-refractivity contribution in [1.29, 1.82) is 0 Å². The Kier molecular flexibility index (Phi) is 6.41. The Labute approximate surface area is 137 Å². The maximum absolute atomic E-state index is 11.6. The fourth-order valence-electron chi connectivity index (χ4n) is 2.03. The zero-order valence-corrected chi connectivity index (χ0v) is 13.6. The minimum absolute atomic E-state index is 0.215. The molecule has 0 fully saturated rings. The highest BCUT2D eigenvalue weighted by Gasteiger charge is 2.01. The summed E-state index contributed by atoms with van der Waals surface area (Å²) >= 11 is 0. The molecule has 122 valence electrons. The lowest BCUT2D eigenvalue weighted by Gasteiger charge is -2.10. The van der Waals surface area contributed by atoms with Gasteiger partial charge in [0.05, 0.1) is 6.54 Å². The third kappa shape index (κ3) is 5.98. The average molecular weight is 313 g/mol. The quantitative estimate of drug-likeness (QED) is 0.772. The van der Waals surface area contributed by atoms with Crippen LogP contribution in [0.25, 0.3) is 0 Å². The number of nitrogens with zero attached hydrogens (tertiary/aromatic N) is 1. The van der Waals surface area contributed by atoms with Gasteiger partial charge in [0.1, 0.15) is 12.4 Å². The second-order valence-corrected chi connectivity index (χ2v) is 5.54. The van der Waals surface area contributed by atoms with Crippen LogP contribution in [0.15, 0.2) is 48.8 Å². The number of aromatic nitrogens is 1. The van der Waals surface area contributed by atoms with Crippen molar-refractivity contribution in [3.8, 4) is 5.75 Å². The van der Waals surface area contributed by atoms with E-state index in [4.69, 9.17) is 4.74 Å². The van der Waals surface area contributed by atoms with Crippen LogP contribution in [0.1, 0.15) is 30.9 Å². The number of benzene rings is 1. The number of carbonyl (C=O) groups is 1. The third-order valence-electron chi connectivity index (χ3n) is 3.38. The lowest BCUT2D eigenvalue weighted by Crippen LogP contribution is -2.37. The SMILES string of the molecule is CC(C)c1ccc(OCCNC(=O)NCc2cccnc2)cc1. The van der Waals surface area contributed by atoms with Crippen LogP contribution in [0.4, 0.5) is 4.79 Å². The van der Waals surface area contributed by atoms with E-state index in [-0.39, 0.29) is 6.03 Å². The number of hydrogen-bond donors (Lipinski definition) is 2. The molecule has 5 heteroatoms. The van der Waals surface area contributed by atoms with Gasteiger partial charge < -0.3 is 15.4 Å². The van der Waals surface area contributed by atoms with E-state index in [1.165, 1.54) is 5.56 Å². The van der Waals surface area contributed by atoms with Gasteiger partial charge in [-0.3, -0.25) is 4.98 Å². The summed E-state index contributed by atoms with van der Waals surface area (Å²) in [6.45, 7) is 5.65. The van der Waals surface area contributed by atoms with E-state index in [0.717, 1.165) is 11.3 Å². The van der Waals surface area contributed by atoms with Crippen LogP contribution in [-0.2, 0) is 6.54 Å². The number of carbonyl (C=O) groups excluding carboxylic acids is 1. The summed E-state index contributed by atoms with van der Waals surface area (Å²) in [5, 5.41) is 5.53. The second-order valence-electron chi connectivity index (χ2n) is 5.54. The molecule has 2 amide bonds. The van der Waals surface area contributed by atoms with Crippen LogP contribution < -0.4 is 15.4 Å². The minimum Gasteiger partial charge on any atom is -0.492 e. The first kappa shape index (κ1) is 16.8. The first-order valence-electron chi connectivity index (χ1n) is 7.78. The van der Waals surface area contributed by atoms with Gasteiger partial charge in [-0.05, 0) is 35.2 Å². The summed E-state index contributed by atoms with van der Waals surface area (Å²) in [6, 6.07) is 11.6. The molecular weight excluding hydrogens is 290 g/mol. The predicted octanol–water partition coefficient (Wildman–Crippen LogP) is 3.08. The van der Waals surface area contributed by atoms with E-state index < -0.39 is 0 Å². The predicted molar refractivity (Wildman–Crippen MR) is 90.5 cm³/mol. The van der Waals surface area contributed by atoms with E-state index in [2.05, 4.69) is 41.6 Å². The molecule has 2 aromatic rings. The van der Waals surface area contributed by atoms with E-state index in [0.29, 0.717) is 25.6 Å². The first-order valence-corrected chi connectivity index (χ1v) is 7.78. The topological polar surface area (TPSA) is 63.2 Å². The van der Waals surface area contributed by atoms with Crippen LogP contribution in [0.3, 0.4) is 0 Å². The highest BCUT2D eigenvalue weighted by atomic mass is 16.5. The van der Waals surface area contributed by atoms with Crippen molar-refractivity contribution >= 4 is 6.03 Å². The molecule has 0 radical (unpaired) electrons. The summed E-state index contributed by atoms with van der Waals surface area (Å²) in [7, 11) is 0. The summed E-state index contributed by atoms with van der Waals surface area (Å²) in [5.41, 5.74) is 2.24. The minimum atomic E-state index is -0.215. The molecule has 0 saturated carbocycles. The summed E-state index contributed by atoms with van der Waals surface area (Å²) in [4.78, 5) is 15.6. The molecule has 2 N–H and O–H groups in total. The number of hydrogen-bond acceptors (Lipinski definition) is 3. The Morgan fingerprint density at radius 3 is 2.61 bits per heavy atom. The number of pyridine rings is 1. The molecule has 0 unspecified atom stereocenters. The highest BCUT2D eigenvalue weighted by molar-refractivity contribution is 5.73. The van der Waals surface area contributed by atoms with Crippen LogP contribution in [0, 0.1) is 0 Å². The summed E-state index contributed by atoms with van der Waals surface area (Å²) in [5.74, 6) is 1.32. The van der Waals surface area contributed by atoms with Crippen molar-refractivity contribution in [2.24, 2.45) is 0 Å². The molecule has 0 spiro atoms. The van der Waals surface area contributed by atoms with Crippen molar-refractivity contribution in [3.05, 3.63) is 59.9 Å². The molecular formula is C18H23N3O2. The highest BCUT2D eigenvalue weighted by Crippen LogP contribution is 2.18. The van der Waals surface area contributed by atoms with Gasteiger partial charge in [-0.1, -0.05) is 32.0 Å². The second kappa shape index (κ2) is 8.78. The average Bonchev–Trinajstić information content (AvgIpc) is 2.58. The lowest BCUT2D eigenvalue weighted by molar-refractivity contribution is 0.236. The number of nitrogens with one attached hydrogen (secondary N) is 2. The van der Waals surface area contributed by atoms with Crippen molar-refractivity contribution in [2.45, 2.75) is 26.3 Å². The van der Waals surface area contributed by atoms with Gasteiger partial charge in [-0.15, -0.1) is 0 Å². The molecule has 0 bridgehead atoms. The molecule has 0 saturated heterocycles. The van der Waals surface area contributed by atoms with Gasteiger partial charge >= 0.3 is 6.03 Å². The van der Waals surface area contributed by atoms with Gasteiger partial charge in [0, 0.05) is 18.9 Å². The first-order chi connectivity index (χ1) is 11.1. The molecule has 0 atom stereocenters. The molecule has 1 heterocycles. The normalized spacial score (nSPS) is 10.4. The van der Waals surface area contributed by atoms with Gasteiger partial charge in [0.15, 0.2) is 0 Å². The molecule has 0 aliphatic heterocycles. The van der Waals surface area contributed by atoms with E-state index in [9.17, 15) is 4.79 Å². The van der Waals surface area contributed by atoms with Gasteiger partial charge in [0.2, 0.25) is 0 Å². The van der Waals surface area contributed by atoms with Crippen molar-refractivity contribution in [3.63, 3.8) is 0 Å². The molecule has 5 nitrogen and oxygen atoms in total. The zero-order chi connectivity index (χ0) is 16.5. The molecule has 1 aromatic heterocycles. The van der Waals surface area contributed by atoms with Gasteiger partial charge in [-0.25, -0.2) is 4.79 Å². The van der Waals surface area contributed by atoms with E-state index in [1.54, 1.807) is 12.4 Å². The Balaban J connectivity index is 1.62. The number of urea groups is 1. The largest absolute Gasteiger partial charge is 0.492 e. The van der Waals surface area contributed by atoms with Gasteiger partial charge in [-0.2, -0.15) is 0 Å². The summed E-state index contributed by atoms with van der Waals surface area (Å²) < 4.78 is 5.60. The third-order valence-corrected chi connectivity index (χ3v) is 3.38. The van der Waals surface area contributed by atoms with Crippen molar-refractivity contribution < 1.29 is 9.53 Å². The van der Waals surface area contributed by atoms with E-state index >= 15 is 0 Å². The Hall–Kier alpha value is -2.56. The van der Waals surface area contributed by atoms with Crippen LogP contribution in [0.2, 0.25) is 0 Å². The molecule has 23 heavy (non-hydrogen) atoms. The standard InChI is InChI=1S/C18H23N3O2/c1-14(2)16-5-7-17(8-6-16)23-11-10-20-18(22)21-13-15-4-3-9-19-12-15/h3-9,12,14H,10-11,13H2,1-2H3,(H2,20,21,22). The molecule has 0 aliphatic rings. The van der Waals surface area contributed by atoms with E-state index in [1.807, 2.05) is 24.3 Å². The van der Waals surface area contributed by atoms with Crippen LogP contribution >= 0.6 is 0 Å². The Morgan fingerprint density at radius 2 is 1.96 bits per heavy atom. The smallest absolute Gasteiger partial charge is 0.315 e. The van der Waals surface area contributed by atoms with Gasteiger partial charge in [0.25, 0.3) is 0 Å². The van der Waals surface area contributed by atoms with Crippen molar-refractivity contribution in [1.82, 2.24) is 15.6 Å².